The third-order valence-corrected chi connectivity index (χ3v) is 3.48. The van der Waals surface area contributed by atoms with E-state index in [0.717, 1.165) is 6.42 Å². The summed E-state index contributed by atoms with van der Waals surface area (Å²) in [5.41, 5.74) is 5.60. The summed E-state index contributed by atoms with van der Waals surface area (Å²) >= 11 is 0. The van der Waals surface area contributed by atoms with Gasteiger partial charge in [0.2, 0.25) is 5.91 Å². The molecule has 1 unspecified atom stereocenters. The van der Waals surface area contributed by atoms with Gasteiger partial charge >= 0.3 is 0 Å². The van der Waals surface area contributed by atoms with Gasteiger partial charge in [-0.3, -0.25) is 4.79 Å². The molecule has 1 rings (SSSR count). The van der Waals surface area contributed by atoms with E-state index in [1.165, 1.54) is 18.2 Å². The number of carbonyl (C=O) groups excluding carboxylic acids is 1. The Labute approximate surface area is 112 Å². The molecule has 1 amide bonds. The molecule has 0 aliphatic heterocycles. The van der Waals surface area contributed by atoms with Crippen molar-refractivity contribution in [1.29, 1.82) is 0 Å². The molecule has 5 heteroatoms. The summed E-state index contributed by atoms with van der Waals surface area (Å²) in [5.74, 6) is -0.949. The molecule has 1 atom stereocenters. The minimum atomic E-state index is -0.574. The van der Waals surface area contributed by atoms with Crippen LogP contribution in [0.3, 0.4) is 0 Å². The van der Waals surface area contributed by atoms with Gasteiger partial charge in [0.25, 0.3) is 0 Å². The molecule has 0 bridgehead atoms. The lowest BCUT2D eigenvalue weighted by molar-refractivity contribution is 0.1000. The average molecular weight is 268 g/mol. The standard InChI is InChI=1S/C14H21FN2O2/c1-3-14(2,6-7-18)17-9-11-8-10(13(16)19)4-5-12(11)15/h4-5,8,17-18H,3,6-7,9H2,1-2H3,(H2,16,19). The Morgan fingerprint density at radius 3 is 2.74 bits per heavy atom. The molecule has 1 aromatic carbocycles. The van der Waals surface area contributed by atoms with Gasteiger partial charge in [-0.15, -0.1) is 0 Å². The maximum Gasteiger partial charge on any atom is 0.248 e. The molecule has 106 valence electrons. The Morgan fingerprint density at radius 1 is 1.53 bits per heavy atom. The van der Waals surface area contributed by atoms with Gasteiger partial charge in [-0.25, -0.2) is 4.39 Å². The molecule has 0 heterocycles. The Morgan fingerprint density at radius 2 is 2.21 bits per heavy atom. The van der Waals surface area contributed by atoms with Gasteiger partial charge in [-0.2, -0.15) is 0 Å². The first kappa shape index (κ1) is 15.6. The number of primary amides is 1. The second-order valence-electron chi connectivity index (χ2n) is 4.91. The van der Waals surface area contributed by atoms with E-state index in [1.807, 2.05) is 13.8 Å². The van der Waals surface area contributed by atoms with Crippen molar-refractivity contribution < 1.29 is 14.3 Å². The Kier molecular flexibility index (Phi) is 5.44. The van der Waals surface area contributed by atoms with Crippen LogP contribution in [-0.4, -0.2) is 23.2 Å². The first-order chi connectivity index (χ1) is 8.91. The molecule has 0 aliphatic rings. The van der Waals surface area contributed by atoms with Gasteiger partial charge in [0.15, 0.2) is 0 Å². The summed E-state index contributed by atoms with van der Waals surface area (Å²) < 4.78 is 13.7. The molecule has 0 spiro atoms. The average Bonchev–Trinajstić information content (AvgIpc) is 2.38. The Bertz CT molecular complexity index is 451. The molecular formula is C14H21FN2O2. The van der Waals surface area contributed by atoms with Crippen molar-refractivity contribution in [3.8, 4) is 0 Å². The van der Waals surface area contributed by atoms with Gasteiger partial charge < -0.3 is 16.2 Å². The largest absolute Gasteiger partial charge is 0.396 e. The maximum atomic E-state index is 13.7. The van der Waals surface area contributed by atoms with Gasteiger partial charge in [0.05, 0.1) is 0 Å². The molecule has 0 fully saturated rings. The first-order valence-electron chi connectivity index (χ1n) is 6.36. The third kappa shape index (κ3) is 4.29. The summed E-state index contributed by atoms with van der Waals surface area (Å²) in [6.45, 7) is 4.33. The van der Waals surface area contributed by atoms with Crippen molar-refractivity contribution in [3.05, 3.63) is 35.1 Å². The highest BCUT2D eigenvalue weighted by atomic mass is 19.1. The van der Waals surface area contributed by atoms with E-state index in [4.69, 9.17) is 10.8 Å². The van der Waals surface area contributed by atoms with Crippen LogP contribution in [0, 0.1) is 5.82 Å². The predicted octanol–water partition coefficient (Wildman–Crippen LogP) is 1.57. The van der Waals surface area contributed by atoms with E-state index in [1.54, 1.807) is 0 Å². The van der Waals surface area contributed by atoms with Crippen LogP contribution in [0.4, 0.5) is 4.39 Å². The number of nitrogens with two attached hydrogens (primary N) is 1. The summed E-state index contributed by atoms with van der Waals surface area (Å²) in [6.07, 6.45) is 1.39. The van der Waals surface area contributed by atoms with Gasteiger partial charge in [-0.05, 0) is 38.0 Å². The summed E-state index contributed by atoms with van der Waals surface area (Å²) in [4.78, 5) is 11.1. The zero-order valence-electron chi connectivity index (χ0n) is 11.4. The molecule has 0 aromatic heterocycles. The molecule has 1 aromatic rings. The number of aliphatic hydroxyl groups excluding tert-OH is 1. The van der Waals surface area contributed by atoms with Crippen molar-refractivity contribution in [2.45, 2.75) is 38.8 Å². The minimum absolute atomic E-state index is 0.0706. The summed E-state index contributed by atoms with van der Waals surface area (Å²) in [7, 11) is 0. The second-order valence-corrected chi connectivity index (χ2v) is 4.91. The van der Waals surface area contributed by atoms with Crippen LogP contribution in [0.25, 0.3) is 0 Å². The van der Waals surface area contributed by atoms with E-state index < -0.39 is 5.91 Å². The quantitative estimate of drug-likeness (QED) is 0.702. The third-order valence-electron chi connectivity index (χ3n) is 3.48. The fraction of sp³-hybridized carbons (Fsp3) is 0.500. The lowest BCUT2D eigenvalue weighted by Gasteiger charge is -2.29. The number of rotatable bonds is 7. The molecule has 4 N–H and O–H groups in total. The predicted molar refractivity (Wildman–Crippen MR) is 72.2 cm³/mol. The lowest BCUT2D eigenvalue weighted by atomic mass is 9.94. The number of nitrogens with one attached hydrogen (secondary N) is 1. The monoisotopic (exact) mass is 268 g/mol. The van der Waals surface area contributed by atoms with E-state index in [2.05, 4.69) is 5.32 Å². The van der Waals surface area contributed by atoms with Crippen molar-refractivity contribution in [1.82, 2.24) is 5.32 Å². The number of hydrogen-bond acceptors (Lipinski definition) is 3. The first-order valence-corrected chi connectivity index (χ1v) is 6.36. The van der Waals surface area contributed by atoms with Crippen LogP contribution in [-0.2, 0) is 6.54 Å². The zero-order chi connectivity index (χ0) is 14.5. The topological polar surface area (TPSA) is 75.3 Å². The van der Waals surface area contributed by atoms with Crippen LogP contribution in [0.15, 0.2) is 18.2 Å². The number of amides is 1. The SMILES string of the molecule is CCC(C)(CCO)NCc1cc(C(N)=O)ccc1F. The number of hydrogen-bond donors (Lipinski definition) is 3. The molecule has 4 nitrogen and oxygen atoms in total. The number of halogens is 1. The number of benzene rings is 1. The van der Waals surface area contributed by atoms with Crippen molar-refractivity contribution in [2.24, 2.45) is 5.73 Å². The van der Waals surface area contributed by atoms with Crippen LogP contribution >= 0.6 is 0 Å². The zero-order valence-corrected chi connectivity index (χ0v) is 11.4. The maximum absolute atomic E-state index is 13.7. The lowest BCUT2D eigenvalue weighted by Crippen LogP contribution is -2.42. The van der Waals surface area contributed by atoms with E-state index in [0.29, 0.717) is 17.5 Å². The highest BCUT2D eigenvalue weighted by Gasteiger charge is 2.21. The molecular weight excluding hydrogens is 247 g/mol. The molecule has 0 saturated heterocycles. The second kappa shape index (κ2) is 6.63. The van der Waals surface area contributed by atoms with Crippen molar-refractivity contribution in [2.75, 3.05) is 6.61 Å². The molecule has 19 heavy (non-hydrogen) atoms. The van der Waals surface area contributed by atoms with Gasteiger partial charge in [0.1, 0.15) is 5.82 Å². The number of aliphatic hydroxyl groups is 1. The van der Waals surface area contributed by atoms with Crippen LogP contribution in [0.2, 0.25) is 0 Å². The Balaban J connectivity index is 2.81. The van der Waals surface area contributed by atoms with Crippen LogP contribution in [0.5, 0.6) is 0 Å². The molecule has 0 saturated carbocycles. The van der Waals surface area contributed by atoms with Crippen molar-refractivity contribution >= 4 is 5.91 Å². The fourth-order valence-electron chi connectivity index (χ4n) is 1.81. The van der Waals surface area contributed by atoms with E-state index in [-0.39, 0.29) is 24.5 Å². The molecule has 0 aliphatic carbocycles. The minimum Gasteiger partial charge on any atom is -0.396 e. The smallest absolute Gasteiger partial charge is 0.248 e. The van der Waals surface area contributed by atoms with Crippen molar-refractivity contribution in [3.63, 3.8) is 0 Å². The normalized spacial score (nSPS) is 14.1. The van der Waals surface area contributed by atoms with E-state index in [9.17, 15) is 9.18 Å². The van der Waals surface area contributed by atoms with Gasteiger partial charge in [-0.1, -0.05) is 6.92 Å². The van der Waals surface area contributed by atoms with Crippen LogP contribution < -0.4 is 11.1 Å². The highest BCUT2D eigenvalue weighted by molar-refractivity contribution is 5.92. The Hall–Kier alpha value is -1.46. The summed E-state index contributed by atoms with van der Waals surface area (Å²) in [5, 5.41) is 12.2. The number of carbonyl (C=O) groups is 1. The van der Waals surface area contributed by atoms with Gasteiger partial charge in [0, 0.05) is 29.8 Å². The molecule has 0 radical (unpaired) electrons. The van der Waals surface area contributed by atoms with Crippen LogP contribution in [0.1, 0.15) is 42.6 Å². The highest BCUT2D eigenvalue weighted by Crippen LogP contribution is 2.17. The van der Waals surface area contributed by atoms with E-state index >= 15 is 0 Å². The summed E-state index contributed by atoms with van der Waals surface area (Å²) in [6, 6.07) is 4.07. The fourth-order valence-corrected chi connectivity index (χ4v) is 1.81.